The van der Waals surface area contributed by atoms with Gasteiger partial charge in [0.1, 0.15) is 0 Å². The van der Waals surface area contributed by atoms with Crippen molar-refractivity contribution in [2.75, 3.05) is 32.1 Å². The molecule has 1 fully saturated rings. The second-order valence-corrected chi connectivity index (χ2v) is 5.62. The Hall–Kier alpha value is -2.41. The van der Waals surface area contributed by atoms with Crippen molar-refractivity contribution >= 4 is 23.5 Å². The van der Waals surface area contributed by atoms with Crippen molar-refractivity contribution in [3.8, 4) is 0 Å². The van der Waals surface area contributed by atoms with E-state index in [0.29, 0.717) is 18.8 Å². The largest absolute Gasteiger partial charge is 0.465 e. The SMILES string of the molecule is COC(=O)c1ccccc1NC(=O)CN(CC1CCCO1)C(C)=O. The van der Waals surface area contributed by atoms with Crippen LogP contribution >= 0.6 is 0 Å². The van der Waals surface area contributed by atoms with E-state index in [1.165, 1.54) is 18.9 Å². The molecule has 0 bridgehead atoms. The van der Waals surface area contributed by atoms with Crippen molar-refractivity contribution < 1.29 is 23.9 Å². The summed E-state index contributed by atoms with van der Waals surface area (Å²) in [5.41, 5.74) is 0.622. The number of esters is 1. The Balaban J connectivity index is 2.00. The van der Waals surface area contributed by atoms with Gasteiger partial charge in [-0.1, -0.05) is 12.1 Å². The topological polar surface area (TPSA) is 84.9 Å². The van der Waals surface area contributed by atoms with E-state index in [1.807, 2.05) is 0 Å². The molecular weight excluding hydrogens is 312 g/mol. The molecule has 0 saturated carbocycles. The van der Waals surface area contributed by atoms with Crippen LogP contribution in [0.2, 0.25) is 0 Å². The van der Waals surface area contributed by atoms with Gasteiger partial charge >= 0.3 is 5.97 Å². The summed E-state index contributed by atoms with van der Waals surface area (Å²) in [5.74, 6) is -1.10. The van der Waals surface area contributed by atoms with Gasteiger partial charge in [-0.3, -0.25) is 9.59 Å². The number of carbonyl (C=O) groups excluding carboxylic acids is 3. The van der Waals surface area contributed by atoms with Crippen LogP contribution in [0.5, 0.6) is 0 Å². The number of hydrogen-bond donors (Lipinski definition) is 1. The molecule has 1 aliphatic rings. The van der Waals surface area contributed by atoms with Crippen molar-refractivity contribution in [3.05, 3.63) is 29.8 Å². The second-order valence-electron chi connectivity index (χ2n) is 5.62. The Bertz CT molecular complexity index is 611. The Morgan fingerprint density at radius 2 is 2.08 bits per heavy atom. The number of anilines is 1. The number of ether oxygens (including phenoxy) is 2. The first kappa shape index (κ1) is 17.9. The number of benzene rings is 1. The van der Waals surface area contributed by atoms with E-state index in [2.05, 4.69) is 5.32 Å². The maximum Gasteiger partial charge on any atom is 0.339 e. The molecule has 1 aromatic carbocycles. The van der Waals surface area contributed by atoms with E-state index in [-0.39, 0.29) is 30.0 Å². The highest BCUT2D eigenvalue weighted by Gasteiger charge is 2.23. The van der Waals surface area contributed by atoms with E-state index < -0.39 is 5.97 Å². The van der Waals surface area contributed by atoms with Crippen molar-refractivity contribution in [2.24, 2.45) is 0 Å². The average Bonchev–Trinajstić information content (AvgIpc) is 3.07. The molecule has 1 aromatic rings. The van der Waals surface area contributed by atoms with Crippen LogP contribution in [0.15, 0.2) is 24.3 Å². The minimum absolute atomic E-state index is 0.0240. The van der Waals surface area contributed by atoms with Gasteiger partial charge in [0.25, 0.3) is 0 Å². The van der Waals surface area contributed by atoms with Gasteiger partial charge in [0.05, 0.1) is 31.0 Å². The number of rotatable bonds is 6. The summed E-state index contributed by atoms with van der Waals surface area (Å²) in [6.45, 7) is 2.41. The smallest absolute Gasteiger partial charge is 0.339 e. The molecule has 24 heavy (non-hydrogen) atoms. The van der Waals surface area contributed by atoms with Crippen molar-refractivity contribution in [1.82, 2.24) is 4.90 Å². The first-order chi connectivity index (χ1) is 11.5. The van der Waals surface area contributed by atoms with E-state index in [4.69, 9.17) is 9.47 Å². The molecule has 0 aromatic heterocycles. The van der Waals surface area contributed by atoms with E-state index >= 15 is 0 Å². The highest BCUT2D eigenvalue weighted by Crippen LogP contribution is 2.17. The van der Waals surface area contributed by atoms with Crippen molar-refractivity contribution in [3.63, 3.8) is 0 Å². The molecule has 1 aliphatic heterocycles. The highest BCUT2D eigenvalue weighted by atomic mass is 16.5. The zero-order valence-corrected chi connectivity index (χ0v) is 13.9. The fourth-order valence-electron chi connectivity index (χ4n) is 2.58. The third kappa shape index (κ3) is 4.79. The first-order valence-corrected chi connectivity index (χ1v) is 7.85. The third-order valence-electron chi connectivity index (χ3n) is 3.83. The monoisotopic (exact) mass is 334 g/mol. The van der Waals surface area contributed by atoms with Crippen LogP contribution in [0.3, 0.4) is 0 Å². The molecule has 7 heteroatoms. The summed E-state index contributed by atoms with van der Waals surface area (Å²) >= 11 is 0. The minimum atomic E-state index is -0.534. The molecule has 1 atom stereocenters. The standard InChI is InChI=1S/C17H22N2O5/c1-12(20)19(10-13-6-5-9-24-13)11-16(21)18-15-8-4-3-7-14(15)17(22)23-2/h3-4,7-8,13H,5-6,9-11H2,1-2H3,(H,18,21). The Morgan fingerprint density at radius 3 is 2.71 bits per heavy atom. The molecule has 130 valence electrons. The molecule has 0 aliphatic carbocycles. The minimum Gasteiger partial charge on any atom is -0.465 e. The summed E-state index contributed by atoms with van der Waals surface area (Å²) in [6.07, 6.45) is 1.83. The van der Waals surface area contributed by atoms with Gasteiger partial charge in [-0.25, -0.2) is 4.79 Å². The number of amides is 2. The van der Waals surface area contributed by atoms with Crippen LogP contribution in [0.4, 0.5) is 5.69 Å². The summed E-state index contributed by atoms with van der Waals surface area (Å²) in [4.78, 5) is 37.2. The molecule has 0 spiro atoms. The van der Waals surface area contributed by atoms with Gasteiger partial charge < -0.3 is 19.7 Å². The van der Waals surface area contributed by atoms with Crippen molar-refractivity contribution in [1.29, 1.82) is 0 Å². The molecule has 0 radical (unpaired) electrons. The summed E-state index contributed by atoms with van der Waals surface area (Å²) < 4.78 is 10.2. The number of nitrogens with one attached hydrogen (secondary N) is 1. The van der Waals surface area contributed by atoms with E-state index in [9.17, 15) is 14.4 Å². The van der Waals surface area contributed by atoms with Gasteiger partial charge in [0.15, 0.2) is 0 Å². The molecule has 1 N–H and O–H groups in total. The van der Waals surface area contributed by atoms with Crippen LogP contribution < -0.4 is 5.32 Å². The van der Waals surface area contributed by atoms with Gasteiger partial charge in [-0.2, -0.15) is 0 Å². The van der Waals surface area contributed by atoms with Gasteiger partial charge in [0, 0.05) is 20.1 Å². The van der Waals surface area contributed by atoms with E-state index in [0.717, 1.165) is 12.8 Å². The zero-order valence-electron chi connectivity index (χ0n) is 13.9. The Morgan fingerprint density at radius 1 is 1.33 bits per heavy atom. The molecule has 1 saturated heterocycles. The number of methoxy groups -OCH3 is 1. The number of carbonyl (C=O) groups is 3. The summed E-state index contributed by atoms with van der Waals surface area (Å²) in [7, 11) is 1.28. The lowest BCUT2D eigenvalue weighted by molar-refractivity contribution is -0.134. The Labute approximate surface area is 140 Å². The number of para-hydroxylation sites is 1. The summed E-state index contributed by atoms with van der Waals surface area (Å²) in [6, 6.07) is 6.57. The van der Waals surface area contributed by atoms with Crippen LogP contribution in [0.25, 0.3) is 0 Å². The normalized spacial score (nSPS) is 16.5. The van der Waals surface area contributed by atoms with Crippen LogP contribution in [0, 0.1) is 0 Å². The van der Waals surface area contributed by atoms with Crippen molar-refractivity contribution in [2.45, 2.75) is 25.9 Å². The fraction of sp³-hybridized carbons (Fsp3) is 0.471. The maximum atomic E-state index is 12.3. The predicted octanol–water partition coefficient (Wildman–Crippen LogP) is 1.44. The molecule has 2 amide bonds. The van der Waals surface area contributed by atoms with Crippen LogP contribution in [-0.4, -0.2) is 55.6 Å². The first-order valence-electron chi connectivity index (χ1n) is 7.85. The van der Waals surface area contributed by atoms with Gasteiger partial charge in [-0.15, -0.1) is 0 Å². The van der Waals surface area contributed by atoms with Gasteiger partial charge in [-0.05, 0) is 25.0 Å². The highest BCUT2D eigenvalue weighted by molar-refractivity contribution is 6.02. The molecule has 1 heterocycles. The Kier molecular flexibility index (Phi) is 6.31. The maximum absolute atomic E-state index is 12.3. The average molecular weight is 334 g/mol. The predicted molar refractivity (Wildman–Crippen MR) is 87.6 cm³/mol. The molecule has 2 rings (SSSR count). The number of hydrogen-bond acceptors (Lipinski definition) is 5. The van der Waals surface area contributed by atoms with E-state index in [1.54, 1.807) is 24.3 Å². The zero-order chi connectivity index (χ0) is 17.5. The lowest BCUT2D eigenvalue weighted by Crippen LogP contribution is -2.41. The molecule has 7 nitrogen and oxygen atoms in total. The molecular formula is C17H22N2O5. The lowest BCUT2D eigenvalue weighted by atomic mass is 10.1. The quantitative estimate of drug-likeness (QED) is 0.796. The van der Waals surface area contributed by atoms with Gasteiger partial charge in [0.2, 0.25) is 11.8 Å². The summed E-state index contributed by atoms with van der Waals surface area (Å²) in [5, 5.41) is 2.66. The molecule has 1 unspecified atom stereocenters. The second kappa shape index (κ2) is 8.44. The van der Waals surface area contributed by atoms with Crippen LogP contribution in [-0.2, 0) is 19.1 Å². The number of nitrogens with zero attached hydrogens (tertiary/aromatic N) is 1. The van der Waals surface area contributed by atoms with Crippen LogP contribution in [0.1, 0.15) is 30.1 Å². The lowest BCUT2D eigenvalue weighted by Gasteiger charge is -2.23. The fourth-order valence-corrected chi connectivity index (χ4v) is 2.58. The third-order valence-corrected chi connectivity index (χ3v) is 3.83.